The van der Waals surface area contributed by atoms with Crippen molar-refractivity contribution in [1.82, 2.24) is 10.3 Å². The highest BCUT2D eigenvalue weighted by atomic mass is 32.1. The van der Waals surface area contributed by atoms with E-state index in [2.05, 4.69) is 36.4 Å². The van der Waals surface area contributed by atoms with Gasteiger partial charge < -0.3 is 10.6 Å². The normalized spacial score (nSPS) is 10.9. The van der Waals surface area contributed by atoms with Crippen LogP contribution in [0.1, 0.15) is 41.8 Å². The fourth-order valence-electron chi connectivity index (χ4n) is 2.10. The Morgan fingerprint density at radius 2 is 2.09 bits per heavy atom. The Labute approximate surface area is 136 Å². The highest BCUT2D eigenvalue weighted by Gasteiger charge is 2.13. The summed E-state index contributed by atoms with van der Waals surface area (Å²) in [6, 6.07) is 7.84. The van der Waals surface area contributed by atoms with E-state index in [0.29, 0.717) is 11.6 Å². The van der Waals surface area contributed by atoms with E-state index < -0.39 is 0 Å². The fourth-order valence-corrected chi connectivity index (χ4v) is 3.09. The van der Waals surface area contributed by atoms with Gasteiger partial charge in [0.1, 0.15) is 5.69 Å². The predicted molar refractivity (Wildman–Crippen MR) is 92.4 cm³/mol. The number of aromatic nitrogens is 1. The number of nitrogens with one attached hydrogen (secondary N) is 2. The summed E-state index contributed by atoms with van der Waals surface area (Å²) in [6.45, 7) is 8.00. The minimum Gasteiger partial charge on any atom is -0.320 e. The molecule has 5 heteroatoms. The van der Waals surface area contributed by atoms with E-state index in [1.165, 1.54) is 0 Å². The van der Waals surface area contributed by atoms with Crippen molar-refractivity contribution >= 4 is 22.9 Å². The lowest BCUT2D eigenvalue weighted by molar-refractivity contribution is 0.102. The van der Waals surface area contributed by atoms with Crippen LogP contribution < -0.4 is 10.6 Å². The third kappa shape index (κ3) is 4.64. The van der Waals surface area contributed by atoms with E-state index in [-0.39, 0.29) is 5.91 Å². The smallest absolute Gasteiger partial charge is 0.275 e. The molecule has 1 heterocycles. The second kappa shape index (κ2) is 8.06. The zero-order valence-corrected chi connectivity index (χ0v) is 14.2. The Balaban J connectivity index is 2.07. The monoisotopic (exact) mass is 317 g/mol. The summed E-state index contributed by atoms with van der Waals surface area (Å²) in [4.78, 5) is 16.8. The lowest BCUT2D eigenvalue weighted by Crippen LogP contribution is -2.17. The quantitative estimate of drug-likeness (QED) is 0.818. The van der Waals surface area contributed by atoms with E-state index in [4.69, 9.17) is 0 Å². The van der Waals surface area contributed by atoms with Crippen molar-refractivity contribution in [2.75, 3.05) is 11.9 Å². The lowest BCUT2D eigenvalue weighted by Gasteiger charge is -2.10. The average Bonchev–Trinajstić information content (AvgIpc) is 2.94. The maximum absolute atomic E-state index is 12.4. The van der Waals surface area contributed by atoms with Crippen LogP contribution in [-0.2, 0) is 13.0 Å². The van der Waals surface area contributed by atoms with Crippen LogP contribution >= 0.6 is 11.3 Å². The molecular formula is C17H23N3OS. The summed E-state index contributed by atoms with van der Waals surface area (Å²) < 4.78 is 0. The summed E-state index contributed by atoms with van der Waals surface area (Å²) >= 11 is 1.55. The van der Waals surface area contributed by atoms with Gasteiger partial charge >= 0.3 is 0 Å². The summed E-state index contributed by atoms with van der Waals surface area (Å²) in [5.74, 6) is 0.401. The number of thiazole rings is 1. The molecule has 1 amide bonds. The number of amides is 1. The third-order valence-electron chi connectivity index (χ3n) is 3.20. The van der Waals surface area contributed by atoms with Crippen molar-refractivity contribution in [2.24, 2.45) is 5.92 Å². The van der Waals surface area contributed by atoms with Crippen LogP contribution in [0.15, 0.2) is 29.6 Å². The van der Waals surface area contributed by atoms with Crippen LogP contribution in [0, 0.1) is 5.92 Å². The van der Waals surface area contributed by atoms with Gasteiger partial charge in [-0.25, -0.2) is 4.98 Å². The average molecular weight is 317 g/mol. The van der Waals surface area contributed by atoms with Gasteiger partial charge in [0.05, 0.1) is 5.01 Å². The number of anilines is 1. The van der Waals surface area contributed by atoms with Gasteiger partial charge in [-0.1, -0.05) is 39.0 Å². The second-order valence-corrected chi connectivity index (χ2v) is 6.56. The first kappa shape index (κ1) is 16.6. The van der Waals surface area contributed by atoms with Crippen LogP contribution in [0.3, 0.4) is 0 Å². The van der Waals surface area contributed by atoms with Gasteiger partial charge in [0.25, 0.3) is 5.91 Å². The highest BCUT2D eigenvalue weighted by molar-refractivity contribution is 7.09. The second-order valence-electron chi connectivity index (χ2n) is 5.62. The van der Waals surface area contributed by atoms with E-state index >= 15 is 0 Å². The van der Waals surface area contributed by atoms with Crippen molar-refractivity contribution in [1.29, 1.82) is 0 Å². The number of nitrogens with zero attached hydrogens (tertiary/aromatic N) is 1. The van der Waals surface area contributed by atoms with Gasteiger partial charge in [-0.05, 0) is 24.1 Å². The highest BCUT2D eigenvalue weighted by Crippen LogP contribution is 2.18. The fraction of sp³-hybridized carbons (Fsp3) is 0.412. The minimum absolute atomic E-state index is 0.143. The van der Waals surface area contributed by atoms with Crippen LogP contribution in [-0.4, -0.2) is 17.4 Å². The van der Waals surface area contributed by atoms with Crippen molar-refractivity contribution < 1.29 is 4.79 Å². The molecule has 2 N–H and O–H groups in total. The number of rotatable bonds is 7. The maximum atomic E-state index is 12.4. The first-order valence-corrected chi connectivity index (χ1v) is 8.52. The van der Waals surface area contributed by atoms with E-state index in [1.54, 1.807) is 11.3 Å². The summed E-state index contributed by atoms with van der Waals surface area (Å²) in [5, 5.41) is 9.09. The molecule has 0 saturated carbocycles. The van der Waals surface area contributed by atoms with Crippen molar-refractivity contribution in [3.05, 3.63) is 45.9 Å². The molecule has 2 aromatic rings. The predicted octanol–water partition coefficient (Wildman–Crippen LogP) is 3.70. The molecule has 22 heavy (non-hydrogen) atoms. The van der Waals surface area contributed by atoms with Gasteiger partial charge in [-0.15, -0.1) is 11.3 Å². The SMILES string of the molecule is CCNCc1ccccc1NC(=O)c1csc(CC(C)C)n1. The third-order valence-corrected chi connectivity index (χ3v) is 4.07. The maximum Gasteiger partial charge on any atom is 0.275 e. The Bertz CT molecular complexity index is 622. The van der Waals surface area contributed by atoms with Gasteiger partial charge in [-0.2, -0.15) is 0 Å². The van der Waals surface area contributed by atoms with E-state index in [9.17, 15) is 4.79 Å². The van der Waals surface area contributed by atoms with Crippen molar-refractivity contribution in [2.45, 2.75) is 33.7 Å². The van der Waals surface area contributed by atoms with Gasteiger partial charge in [-0.3, -0.25) is 4.79 Å². The van der Waals surface area contributed by atoms with Crippen LogP contribution in [0.5, 0.6) is 0 Å². The standard InChI is InChI=1S/C17H23N3OS/c1-4-18-10-13-7-5-6-8-14(13)20-17(21)15-11-22-16(19-15)9-12(2)3/h5-8,11-12,18H,4,9-10H2,1-3H3,(H,20,21). The van der Waals surface area contributed by atoms with Crippen LogP contribution in [0.4, 0.5) is 5.69 Å². The Morgan fingerprint density at radius 1 is 1.32 bits per heavy atom. The topological polar surface area (TPSA) is 54.0 Å². The number of hydrogen-bond acceptors (Lipinski definition) is 4. The number of carbonyl (C=O) groups excluding carboxylic acids is 1. The van der Waals surface area contributed by atoms with Crippen molar-refractivity contribution in [3.8, 4) is 0 Å². The molecule has 0 bridgehead atoms. The Hall–Kier alpha value is -1.72. The summed E-state index contributed by atoms with van der Waals surface area (Å²) in [6.07, 6.45) is 0.912. The molecule has 1 aromatic carbocycles. The molecule has 0 atom stereocenters. The zero-order valence-electron chi connectivity index (χ0n) is 13.3. The molecule has 0 aliphatic rings. The number of carbonyl (C=O) groups is 1. The first-order valence-electron chi connectivity index (χ1n) is 7.64. The van der Waals surface area contributed by atoms with Crippen molar-refractivity contribution in [3.63, 3.8) is 0 Å². The van der Waals surface area contributed by atoms with Crippen LogP contribution in [0.25, 0.3) is 0 Å². The summed E-state index contributed by atoms with van der Waals surface area (Å²) in [5.41, 5.74) is 2.42. The van der Waals surface area contributed by atoms with Gasteiger partial charge in [0, 0.05) is 24.0 Å². The Kier molecular flexibility index (Phi) is 6.10. The molecule has 0 spiro atoms. The van der Waals surface area contributed by atoms with Crippen LogP contribution in [0.2, 0.25) is 0 Å². The molecule has 118 valence electrons. The first-order chi connectivity index (χ1) is 10.6. The lowest BCUT2D eigenvalue weighted by atomic mass is 10.1. The molecule has 0 radical (unpaired) electrons. The molecule has 0 aliphatic heterocycles. The van der Waals surface area contributed by atoms with E-state index in [0.717, 1.165) is 35.8 Å². The minimum atomic E-state index is -0.143. The van der Waals surface area contributed by atoms with Gasteiger partial charge in [0.2, 0.25) is 0 Å². The number of benzene rings is 1. The molecule has 0 saturated heterocycles. The molecule has 2 rings (SSSR count). The van der Waals surface area contributed by atoms with Gasteiger partial charge in [0.15, 0.2) is 0 Å². The van der Waals surface area contributed by atoms with E-state index in [1.807, 2.05) is 29.6 Å². The molecule has 1 aromatic heterocycles. The molecule has 4 nitrogen and oxygen atoms in total. The summed E-state index contributed by atoms with van der Waals surface area (Å²) in [7, 11) is 0. The molecular weight excluding hydrogens is 294 g/mol. The molecule has 0 unspecified atom stereocenters. The number of hydrogen-bond donors (Lipinski definition) is 2. The Morgan fingerprint density at radius 3 is 2.82 bits per heavy atom. The molecule has 0 aliphatic carbocycles. The largest absolute Gasteiger partial charge is 0.320 e. The number of para-hydroxylation sites is 1. The molecule has 0 fully saturated rings. The zero-order chi connectivity index (χ0) is 15.9.